The molecule has 88 valence electrons. The first-order valence-electron chi connectivity index (χ1n) is 5.12. The van der Waals surface area contributed by atoms with Gasteiger partial charge in [0.05, 0.1) is 11.3 Å². The number of amides is 1. The molecular weight excluding hydrogens is 222 g/mol. The van der Waals surface area contributed by atoms with E-state index in [-0.39, 0.29) is 5.91 Å². The zero-order valence-electron chi connectivity index (χ0n) is 9.32. The number of rotatable bonds is 6. The van der Waals surface area contributed by atoms with Crippen LogP contribution in [0.15, 0.2) is 24.3 Å². The Morgan fingerprint density at radius 3 is 2.88 bits per heavy atom. The third-order valence-corrected chi connectivity index (χ3v) is 2.83. The van der Waals surface area contributed by atoms with Crippen LogP contribution in [-0.2, 0) is 0 Å². The van der Waals surface area contributed by atoms with Crippen molar-refractivity contribution in [3.05, 3.63) is 29.8 Å². The van der Waals surface area contributed by atoms with Gasteiger partial charge in [-0.1, -0.05) is 12.1 Å². The van der Waals surface area contributed by atoms with Gasteiger partial charge in [0.2, 0.25) is 0 Å². The van der Waals surface area contributed by atoms with Gasteiger partial charge in [0.1, 0.15) is 0 Å². The molecule has 1 aromatic rings. The molecule has 0 aliphatic carbocycles. The van der Waals surface area contributed by atoms with E-state index in [2.05, 4.69) is 17.0 Å². The van der Waals surface area contributed by atoms with Gasteiger partial charge in [-0.05, 0) is 30.6 Å². The van der Waals surface area contributed by atoms with E-state index < -0.39 is 0 Å². The number of para-hydroxylation sites is 1. The Morgan fingerprint density at radius 2 is 2.19 bits per heavy atom. The molecule has 0 atom stereocenters. The van der Waals surface area contributed by atoms with E-state index in [0.29, 0.717) is 17.8 Å². The number of hydrazine groups is 1. The van der Waals surface area contributed by atoms with Crippen LogP contribution < -0.4 is 16.6 Å². The van der Waals surface area contributed by atoms with Gasteiger partial charge in [0.25, 0.3) is 5.91 Å². The fraction of sp³-hybridized carbons (Fsp3) is 0.364. The van der Waals surface area contributed by atoms with Crippen molar-refractivity contribution in [2.75, 3.05) is 24.0 Å². The van der Waals surface area contributed by atoms with Crippen molar-refractivity contribution in [2.24, 2.45) is 5.84 Å². The topological polar surface area (TPSA) is 67.2 Å². The Morgan fingerprint density at radius 1 is 1.44 bits per heavy atom. The highest BCUT2D eigenvalue weighted by Gasteiger charge is 2.08. The average molecular weight is 239 g/mol. The Kier molecular flexibility index (Phi) is 5.74. The van der Waals surface area contributed by atoms with Crippen molar-refractivity contribution in [2.45, 2.75) is 6.42 Å². The van der Waals surface area contributed by atoms with Crippen LogP contribution >= 0.6 is 11.8 Å². The van der Waals surface area contributed by atoms with Crippen molar-refractivity contribution >= 4 is 23.4 Å². The molecule has 16 heavy (non-hydrogen) atoms. The van der Waals surface area contributed by atoms with Crippen molar-refractivity contribution in [1.29, 1.82) is 0 Å². The lowest BCUT2D eigenvalue weighted by Crippen LogP contribution is -2.26. The standard InChI is InChI=1S/C11H17N3OS/c1-16-8-4-7-13-11(15)9-5-2-3-6-10(9)14-12/h2-3,5-6,14H,4,7-8,12H2,1H3,(H,13,15). The lowest BCUT2D eigenvalue weighted by Gasteiger charge is -2.08. The smallest absolute Gasteiger partial charge is 0.253 e. The lowest BCUT2D eigenvalue weighted by molar-refractivity contribution is 0.0954. The van der Waals surface area contributed by atoms with Gasteiger partial charge in [-0.2, -0.15) is 11.8 Å². The molecule has 4 N–H and O–H groups in total. The van der Waals surface area contributed by atoms with Crippen LogP contribution in [0.1, 0.15) is 16.8 Å². The maximum absolute atomic E-state index is 11.8. The first-order valence-corrected chi connectivity index (χ1v) is 6.51. The number of nitrogen functional groups attached to an aromatic ring is 1. The second kappa shape index (κ2) is 7.14. The van der Waals surface area contributed by atoms with Gasteiger partial charge >= 0.3 is 0 Å². The van der Waals surface area contributed by atoms with Crippen LogP contribution in [0.25, 0.3) is 0 Å². The zero-order chi connectivity index (χ0) is 11.8. The Bertz CT molecular complexity index is 344. The minimum absolute atomic E-state index is 0.0883. The quantitative estimate of drug-likeness (QED) is 0.399. The van der Waals surface area contributed by atoms with Crippen molar-refractivity contribution in [3.63, 3.8) is 0 Å². The average Bonchev–Trinajstić information content (AvgIpc) is 2.34. The minimum Gasteiger partial charge on any atom is -0.352 e. The van der Waals surface area contributed by atoms with Gasteiger partial charge in [0.15, 0.2) is 0 Å². The second-order valence-electron chi connectivity index (χ2n) is 3.29. The van der Waals surface area contributed by atoms with Gasteiger partial charge < -0.3 is 10.7 Å². The highest BCUT2D eigenvalue weighted by molar-refractivity contribution is 7.98. The van der Waals surface area contributed by atoms with Crippen molar-refractivity contribution < 1.29 is 4.79 Å². The number of anilines is 1. The molecule has 1 aromatic carbocycles. The number of benzene rings is 1. The fourth-order valence-corrected chi connectivity index (χ4v) is 1.75. The monoisotopic (exact) mass is 239 g/mol. The van der Waals surface area contributed by atoms with Gasteiger partial charge in [-0.15, -0.1) is 0 Å². The number of hydrogen-bond acceptors (Lipinski definition) is 4. The summed E-state index contributed by atoms with van der Waals surface area (Å²) in [6.07, 6.45) is 3.03. The summed E-state index contributed by atoms with van der Waals surface area (Å²) in [5.74, 6) is 6.30. The molecule has 0 unspecified atom stereocenters. The molecule has 0 bridgehead atoms. The van der Waals surface area contributed by atoms with E-state index in [1.807, 2.05) is 12.1 Å². The maximum atomic E-state index is 11.8. The summed E-state index contributed by atoms with van der Waals surface area (Å²) in [4.78, 5) is 11.8. The molecule has 0 spiro atoms. The molecule has 0 fully saturated rings. The Balaban J connectivity index is 2.52. The van der Waals surface area contributed by atoms with Crippen LogP contribution in [0.3, 0.4) is 0 Å². The van der Waals surface area contributed by atoms with Crippen molar-refractivity contribution in [3.8, 4) is 0 Å². The largest absolute Gasteiger partial charge is 0.352 e. The summed E-state index contributed by atoms with van der Waals surface area (Å²) in [5.41, 5.74) is 3.73. The first kappa shape index (κ1) is 12.9. The van der Waals surface area contributed by atoms with E-state index in [0.717, 1.165) is 12.2 Å². The molecule has 0 radical (unpaired) electrons. The first-order chi connectivity index (χ1) is 7.79. The molecule has 0 saturated carbocycles. The number of nitrogens with one attached hydrogen (secondary N) is 2. The van der Waals surface area contributed by atoms with E-state index in [9.17, 15) is 4.79 Å². The molecule has 0 aliphatic rings. The summed E-state index contributed by atoms with van der Waals surface area (Å²) >= 11 is 1.77. The molecule has 4 nitrogen and oxygen atoms in total. The molecule has 1 rings (SSSR count). The molecule has 0 saturated heterocycles. The summed E-state index contributed by atoms with van der Waals surface area (Å²) in [5, 5.41) is 2.86. The lowest BCUT2D eigenvalue weighted by atomic mass is 10.1. The van der Waals surface area contributed by atoms with E-state index >= 15 is 0 Å². The molecule has 0 aliphatic heterocycles. The fourth-order valence-electron chi connectivity index (χ4n) is 1.32. The summed E-state index contributed by atoms with van der Waals surface area (Å²) in [6.45, 7) is 0.693. The predicted molar refractivity (Wildman–Crippen MR) is 69.6 cm³/mol. The van der Waals surface area contributed by atoms with Crippen molar-refractivity contribution in [1.82, 2.24) is 5.32 Å². The van der Waals surface area contributed by atoms with E-state index in [4.69, 9.17) is 5.84 Å². The molecule has 0 aromatic heterocycles. The van der Waals surface area contributed by atoms with E-state index in [1.165, 1.54) is 0 Å². The Labute approximate surface area is 100.0 Å². The molecule has 5 heteroatoms. The molecular formula is C11H17N3OS. The highest BCUT2D eigenvalue weighted by Crippen LogP contribution is 2.12. The molecule has 1 amide bonds. The summed E-state index contributed by atoms with van der Waals surface area (Å²) in [6, 6.07) is 7.17. The number of carbonyl (C=O) groups is 1. The van der Waals surface area contributed by atoms with E-state index in [1.54, 1.807) is 23.9 Å². The normalized spacial score (nSPS) is 9.88. The van der Waals surface area contributed by atoms with Crippen LogP contribution in [0.2, 0.25) is 0 Å². The number of carbonyl (C=O) groups excluding carboxylic acids is 1. The number of nitrogens with two attached hydrogens (primary N) is 1. The zero-order valence-corrected chi connectivity index (χ0v) is 10.1. The minimum atomic E-state index is -0.0883. The highest BCUT2D eigenvalue weighted by atomic mass is 32.2. The SMILES string of the molecule is CSCCCNC(=O)c1ccccc1NN. The molecule has 0 heterocycles. The van der Waals surface area contributed by atoms with Crippen LogP contribution in [-0.4, -0.2) is 24.5 Å². The second-order valence-corrected chi connectivity index (χ2v) is 4.28. The number of hydrogen-bond donors (Lipinski definition) is 3. The van der Waals surface area contributed by atoms with Gasteiger partial charge in [-0.3, -0.25) is 10.6 Å². The summed E-state index contributed by atoms with van der Waals surface area (Å²) < 4.78 is 0. The van der Waals surface area contributed by atoms with Gasteiger partial charge in [0, 0.05) is 6.54 Å². The third kappa shape index (κ3) is 3.75. The van der Waals surface area contributed by atoms with Crippen LogP contribution in [0, 0.1) is 0 Å². The maximum Gasteiger partial charge on any atom is 0.253 e. The third-order valence-electron chi connectivity index (χ3n) is 2.14. The predicted octanol–water partition coefficient (Wildman–Crippen LogP) is 1.46. The van der Waals surface area contributed by atoms with Crippen LogP contribution in [0.5, 0.6) is 0 Å². The van der Waals surface area contributed by atoms with Gasteiger partial charge in [-0.25, -0.2) is 0 Å². The summed E-state index contributed by atoms with van der Waals surface area (Å²) in [7, 11) is 0. The van der Waals surface area contributed by atoms with Crippen LogP contribution in [0.4, 0.5) is 5.69 Å². The Hall–Kier alpha value is -1.20. The number of thioether (sulfide) groups is 1.